The molecule has 0 saturated heterocycles. The standard InChI is InChI=1S/C40H76O4Si3/c1-17-47(18-2,19-3)44-40-25-22-31(28-42-45(13,14)36(5,6)7)39(40,12)27-33(29(4)41)35-34(40)21-20-30-26-32(23-24-38(30,35)11)43-46(15,16)37(8,9)10/h30-32,34H,17-28H2,1-16H3/t30-,31-,32+,34?,38+,39?,40?/m1/s1. The summed E-state index contributed by atoms with van der Waals surface area (Å²) in [5.74, 6) is 1.61. The molecule has 3 unspecified atom stereocenters. The number of fused-ring (bicyclic) bond motifs is 5. The highest BCUT2D eigenvalue weighted by atomic mass is 28.4. The monoisotopic (exact) mass is 705 g/mol. The van der Waals surface area contributed by atoms with Crippen molar-refractivity contribution in [2.24, 2.45) is 28.6 Å². The fourth-order valence-electron chi connectivity index (χ4n) is 10.1. The molecule has 4 rings (SSSR count). The van der Waals surface area contributed by atoms with E-state index in [-0.39, 0.29) is 26.5 Å². The number of hydrogen-bond acceptors (Lipinski definition) is 4. The smallest absolute Gasteiger partial charge is 0.192 e. The van der Waals surface area contributed by atoms with Gasteiger partial charge < -0.3 is 13.3 Å². The Kier molecular flexibility index (Phi) is 11.1. The average Bonchev–Trinajstić information content (AvgIpc) is 3.24. The number of rotatable bonds is 11. The molecule has 4 aliphatic rings. The molecule has 0 amide bonds. The van der Waals surface area contributed by atoms with E-state index in [2.05, 4.69) is 102 Å². The van der Waals surface area contributed by atoms with E-state index in [9.17, 15) is 4.79 Å². The number of hydrogen-bond donors (Lipinski definition) is 0. The first-order valence-electron chi connectivity index (χ1n) is 19.7. The zero-order valence-electron chi connectivity index (χ0n) is 33.9. The number of ketones is 1. The topological polar surface area (TPSA) is 44.8 Å². The van der Waals surface area contributed by atoms with Crippen LogP contribution in [0.1, 0.15) is 134 Å². The highest BCUT2D eigenvalue weighted by molar-refractivity contribution is 6.74. The van der Waals surface area contributed by atoms with Crippen LogP contribution in [-0.4, -0.2) is 49.0 Å². The number of allylic oxidation sites excluding steroid dienone is 1. The van der Waals surface area contributed by atoms with Gasteiger partial charge in [-0.05, 0) is 136 Å². The van der Waals surface area contributed by atoms with Gasteiger partial charge in [0.2, 0.25) is 0 Å². The van der Waals surface area contributed by atoms with Crippen molar-refractivity contribution in [1.29, 1.82) is 0 Å². The Morgan fingerprint density at radius 2 is 1.40 bits per heavy atom. The molecule has 0 aromatic rings. The van der Waals surface area contributed by atoms with E-state index in [0.717, 1.165) is 51.6 Å². The maximum Gasteiger partial charge on any atom is 0.192 e. The van der Waals surface area contributed by atoms with Crippen LogP contribution in [0.4, 0.5) is 0 Å². The van der Waals surface area contributed by atoms with Crippen molar-refractivity contribution < 1.29 is 18.1 Å². The minimum Gasteiger partial charge on any atom is -0.417 e. The fraction of sp³-hybridized carbons (Fsp3) is 0.925. The van der Waals surface area contributed by atoms with Crippen LogP contribution >= 0.6 is 0 Å². The molecule has 3 saturated carbocycles. The summed E-state index contributed by atoms with van der Waals surface area (Å²) in [4.78, 5) is 13.9. The summed E-state index contributed by atoms with van der Waals surface area (Å²) in [5, 5.41) is 0.397. The molecule has 0 aromatic heterocycles. The van der Waals surface area contributed by atoms with E-state index >= 15 is 0 Å². The molecule has 7 atom stereocenters. The van der Waals surface area contributed by atoms with Crippen molar-refractivity contribution in [3.8, 4) is 0 Å². The van der Waals surface area contributed by atoms with Crippen molar-refractivity contribution >= 4 is 30.7 Å². The minimum absolute atomic E-state index is 0.0412. The summed E-state index contributed by atoms with van der Waals surface area (Å²) in [7, 11) is -5.74. The molecule has 47 heavy (non-hydrogen) atoms. The fourth-order valence-corrected chi connectivity index (χ4v) is 15.8. The van der Waals surface area contributed by atoms with E-state index in [1.54, 1.807) is 0 Å². The van der Waals surface area contributed by atoms with E-state index in [0.29, 0.717) is 29.6 Å². The molecule has 0 N–H and O–H groups in total. The Morgan fingerprint density at radius 3 is 1.91 bits per heavy atom. The molecular formula is C40H76O4Si3. The lowest BCUT2D eigenvalue weighted by atomic mass is 9.45. The summed E-state index contributed by atoms with van der Waals surface area (Å²) in [6, 6.07) is 3.50. The Hall–Kier alpha value is -0.0594. The van der Waals surface area contributed by atoms with E-state index in [1.165, 1.54) is 35.7 Å². The van der Waals surface area contributed by atoms with Gasteiger partial charge in [-0.3, -0.25) is 4.79 Å². The van der Waals surface area contributed by atoms with Crippen molar-refractivity contribution in [2.45, 2.75) is 201 Å². The molecule has 0 radical (unpaired) electrons. The molecule has 3 fully saturated rings. The molecule has 7 heteroatoms. The quantitative estimate of drug-likeness (QED) is 0.201. The van der Waals surface area contributed by atoms with Gasteiger partial charge in [-0.15, -0.1) is 0 Å². The Balaban J connectivity index is 1.80. The number of carbonyl (C=O) groups is 1. The minimum atomic E-state index is -1.97. The normalized spacial score (nSPS) is 35.4. The van der Waals surface area contributed by atoms with Crippen LogP contribution in [0.15, 0.2) is 11.1 Å². The van der Waals surface area contributed by atoms with Gasteiger partial charge in [0.05, 0.1) is 5.60 Å². The highest BCUT2D eigenvalue weighted by Gasteiger charge is 2.69. The second kappa shape index (κ2) is 13.2. The Labute approximate surface area is 294 Å². The molecule has 4 aliphatic carbocycles. The van der Waals surface area contributed by atoms with Gasteiger partial charge >= 0.3 is 0 Å². The molecule has 0 heterocycles. The predicted molar refractivity (Wildman–Crippen MR) is 208 cm³/mol. The van der Waals surface area contributed by atoms with Gasteiger partial charge in [0.15, 0.2) is 30.7 Å². The first-order chi connectivity index (χ1) is 21.4. The second-order valence-electron chi connectivity index (χ2n) is 20.1. The molecule has 0 aromatic carbocycles. The van der Waals surface area contributed by atoms with Gasteiger partial charge in [0.1, 0.15) is 0 Å². The number of Topliss-reactive ketones (excluding diaryl/α,β-unsaturated/α-hetero) is 1. The highest BCUT2D eigenvalue weighted by Crippen LogP contribution is 2.71. The summed E-state index contributed by atoms with van der Waals surface area (Å²) in [6.45, 7) is 38.7. The predicted octanol–water partition coefficient (Wildman–Crippen LogP) is 12.1. The molecule has 0 bridgehead atoms. The van der Waals surface area contributed by atoms with Crippen LogP contribution in [0, 0.1) is 28.6 Å². The van der Waals surface area contributed by atoms with Gasteiger partial charge in [0, 0.05) is 24.0 Å². The molecule has 4 nitrogen and oxygen atoms in total. The Morgan fingerprint density at radius 1 is 0.830 bits per heavy atom. The third-order valence-electron chi connectivity index (χ3n) is 15.8. The first-order valence-corrected chi connectivity index (χ1v) is 28.0. The second-order valence-corrected chi connectivity index (χ2v) is 34.4. The van der Waals surface area contributed by atoms with Gasteiger partial charge in [-0.1, -0.05) is 81.7 Å². The summed E-state index contributed by atoms with van der Waals surface area (Å²) in [5.41, 5.74) is 2.43. The van der Waals surface area contributed by atoms with Crippen LogP contribution in [0.25, 0.3) is 0 Å². The van der Waals surface area contributed by atoms with Crippen LogP contribution in [0.5, 0.6) is 0 Å². The lowest BCUT2D eigenvalue weighted by molar-refractivity contribution is -0.132. The maximum atomic E-state index is 13.9. The summed E-state index contributed by atoms with van der Waals surface area (Å²) >= 11 is 0. The SMILES string of the molecule is CC[Si](CC)(CC)OC12CC[C@H](CO[Si](C)(C)C(C)(C)C)C1(C)CC(C(C)=O)=C1C2CC[C@@H]2C[C@@H](O[Si](C)(C)C(C)(C)C)CC[C@]12C. The molecule has 272 valence electrons. The maximum absolute atomic E-state index is 13.9. The summed E-state index contributed by atoms with van der Waals surface area (Å²) < 4.78 is 22.2. The van der Waals surface area contributed by atoms with Crippen molar-refractivity contribution in [3.05, 3.63) is 11.1 Å². The van der Waals surface area contributed by atoms with Crippen LogP contribution in [-0.2, 0) is 18.1 Å². The van der Waals surface area contributed by atoms with Crippen LogP contribution in [0.3, 0.4) is 0 Å². The van der Waals surface area contributed by atoms with Gasteiger partial charge in [0.25, 0.3) is 0 Å². The van der Waals surface area contributed by atoms with Crippen molar-refractivity contribution in [2.75, 3.05) is 6.61 Å². The summed E-state index contributed by atoms with van der Waals surface area (Å²) in [6.07, 6.45) is 9.18. The first kappa shape index (κ1) is 39.7. The molecule has 0 aliphatic heterocycles. The van der Waals surface area contributed by atoms with Crippen molar-refractivity contribution in [1.82, 2.24) is 0 Å². The average molecular weight is 705 g/mol. The van der Waals surface area contributed by atoms with E-state index in [1.807, 2.05) is 6.92 Å². The Bertz CT molecular complexity index is 1180. The zero-order chi connectivity index (χ0) is 35.6. The third-order valence-corrected chi connectivity index (χ3v) is 29.5. The van der Waals surface area contributed by atoms with E-state index in [4.69, 9.17) is 13.3 Å². The lowest BCUT2D eigenvalue weighted by Crippen LogP contribution is -2.64. The third kappa shape index (κ3) is 6.71. The zero-order valence-corrected chi connectivity index (χ0v) is 36.9. The van der Waals surface area contributed by atoms with Gasteiger partial charge in [-0.25, -0.2) is 0 Å². The van der Waals surface area contributed by atoms with Crippen molar-refractivity contribution in [3.63, 3.8) is 0 Å². The van der Waals surface area contributed by atoms with Crippen LogP contribution in [0.2, 0.25) is 54.4 Å². The number of carbonyl (C=O) groups excluding carboxylic acids is 1. The largest absolute Gasteiger partial charge is 0.417 e. The molecule has 0 spiro atoms. The van der Waals surface area contributed by atoms with E-state index < -0.39 is 25.0 Å². The lowest BCUT2D eigenvalue weighted by Gasteiger charge is -2.64. The molecular weight excluding hydrogens is 629 g/mol. The van der Waals surface area contributed by atoms with Crippen LogP contribution < -0.4 is 0 Å². The van der Waals surface area contributed by atoms with Gasteiger partial charge in [-0.2, -0.15) is 0 Å².